The Morgan fingerprint density at radius 1 is 1.75 bits per heavy atom. The standard InChI is InChI=1S/C6H6NS/c8-5-6-3-1-2-4-7-6/h1-2,4,8H,5H2. The van der Waals surface area contributed by atoms with Crippen molar-refractivity contribution in [3.8, 4) is 0 Å². The Morgan fingerprint density at radius 2 is 2.62 bits per heavy atom. The zero-order valence-corrected chi connectivity index (χ0v) is 5.23. The Morgan fingerprint density at radius 3 is 3.00 bits per heavy atom. The summed E-state index contributed by atoms with van der Waals surface area (Å²) >= 11 is 4.02. The Labute approximate surface area is 54.2 Å². The molecule has 1 aromatic rings. The monoisotopic (exact) mass is 124 g/mol. The third-order valence-corrected chi connectivity index (χ3v) is 1.11. The second-order valence-corrected chi connectivity index (χ2v) is 1.70. The molecule has 0 spiro atoms. The van der Waals surface area contributed by atoms with Crippen LogP contribution in [0.25, 0.3) is 0 Å². The maximum Gasteiger partial charge on any atom is 0.0578 e. The molecule has 1 nitrogen and oxygen atoms in total. The summed E-state index contributed by atoms with van der Waals surface area (Å²) in [5, 5.41) is 0. The minimum Gasteiger partial charge on any atom is -0.260 e. The van der Waals surface area contributed by atoms with E-state index < -0.39 is 0 Å². The van der Waals surface area contributed by atoms with Gasteiger partial charge in [0.1, 0.15) is 0 Å². The topological polar surface area (TPSA) is 12.9 Å². The van der Waals surface area contributed by atoms with Crippen molar-refractivity contribution < 1.29 is 0 Å². The second-order valence-electron chi connectivity index (χ2n) is 1.39. The second kappa shape index (κ2) is 2.72. The first kappa shape index (κ1) is 5.63. The molecule has 0 aliphatic heterocycles. The van der Waals surface area contributed by atoms with Crippen molar-refractivity contribution in [2.24, 2.45) is 0 Å². The summed E-state index contributed by atoms with van der Waals surface area (Å²) < 4.78 is 0. The highest BCUT2D eigenvalue weighted by molar-refractivity contribution is 7.79. The summed E-state index contributed by atoms with van der Waals surface area (Å²) in [6.45, 7) is 0. The summed E-state index contributed by atoms with van der Waals surface area (Å²) in [4.78, 5) is 3.97. The van der Waals surface area contributed by atoms with Crippen molar-refractivity contribution in [2.75, 3.05) is 0 Å². The molecule has 0 atom stereocenters. The Hall–Kier alpha value is -0.500. The van der Waals surface area contributed by atoms with E-state index in [2.05, 4.69) is 23.7 Å². The van der Waals surface area contributed by atoms with E-state index in [1.807, 2.05) is 12.1 Å². The number of hydrogen-bond donors (Lipinski definition) is 1. The number of pyridine rings is 1. The van der Waals surface area contributed by atoms with E-state index in [0.717, 1.165) is 5.69 Å². The first-order valence-corrected chi connectivity index (χ1v) is 2.99. The molecule has 0 aliphatic carbocycles. The SMILES string of the molecule is SCc1[c]cccn1. The largest absolute Gasteiger partial charge is 0.260 e. The fourth-order valence-electron chi connectivity index (χ4n) is 0.444. The predicted molar refractivity (Wildman–Crippen MR) is 35.8 cm³/mol. The van der Waals surface area contributed by atoms with Crippen molar-refractivity contribution in [2.45, 2.75) is 5.75 Å². The van der Waals surface area contributed by atoms with Crippen LogP contribution in [-0.2, 0) is 5.75 Å². The average Bonchev–Trinajstić information content (AvgIpc) is 1.90. The maximum atomic E-state index is 4.02. The van der Waals surface area contributed by atoms with Crippen LogP contribution in [-0.4, -0.2) is 4.98 Å². The van der Waals surface area contributed by atoms with Crippen LogP contribution in [0.4, 0.5) is 0 Å². The number of aromatic nitrogens is 1. The molecular formula is C6H6NS. The number of hydrogen-bond acceptors (Lipinski definition) is 2. The third kappa shape index (κ3) is 1.23. The molecule has 0 unspecified atom stereocenters. The molecule has 0 amide bonds. The smallest absolute Gasteiger partial charge is 0.0578 e. The highest BCUT2D eigenvalue weighted by Gasteiger charge is 1.83. The Balaban J connectivity index is 2.83. The molecule has 8 heavy (non-hydrogen) atoms. The zero-order valence-electron chi connectivity index (χ0n) is 4.33. The van der Waals surface area contributed by atoms with E-state index >= 15 is 0 Å². The molecule has 1 heterocycles. The van der Waals surface area contributed by atoms with Crippen LogP contribution in [0.3, 0.4) is 0 Å². The van der Waals surface area contributed by atoms with Gasteiger partial charge in [0.15, 0.2) is 0 Å². The van der Waals surface area contributed by atoms with E-state index in [4.69, 9.17) is 0 Å². The van der Waals surface area contributed by atoms with Gasteiger partial charge < -0.3 is 0 Å². The van der Waals surface area contributed by atoms with Gasteiger partial charge in [-0.05, 0) is 6.07 Å². The van der Waals surface area contributed by atoms with Crippen LogP contribution < -0.4 is 0 Å². The minimum atomic E-state index is 0.668. The zero-order chi connectivity index (χ0) is 5.82. The summed E-state index contributed by atoms with van der Waals surface area (Å²) in [6, 6.07) is 6.60. The molecule has 0 fully saturated rings. The lowest BCUT2D eigenvalue weighted by Crippen LogP contribution is -1.80. The molecule has 0 aromatic carbocycles. The molecular weight excluding hydrogens is 118 g/mol. The first-order chi connectivity index (χ1) is 3.93. The predicted octanol–water partition coefficient (Wildman–Crippen LogP) is 1.31. The van der Waals surface area contributed by atoms with Crippen molar-refractivity contribution >= 4 is 12.6 Å². The van der Waals surface area contributed by atoms with Crippen LogP contribution >= 0.6 is 12.6 Å². The summed E-state index contributed by atoms with van der Waals surface area (Å²) in [7, 11) is 0. The highest BCUT2D eigenvalue weighted by atomic mass is 32.1. The normalized spacial score (nSPS) is 9.12. The molecule has 1 rings (SSSR count). The summed E-state index contributed by atoms with van der Waals surface area (Å²) in [6.07, 6.45) is 1.74. The van der Waals surface area contributed by atoms with Crippen molar-refractivity contribution in [3.63, 3.8) is 0 Å². The number of rotatable bonds is 1. The number of nitrogens with zero attached hydrogens (tertiary/aromatic N) is 1. The molecule has 2 heteroatoms. The van der Waals surface area contributed by atoms with E-state index in [1.54, 1.807) is 6.20 Å². The summed E-state index contributed by atoms with van der Waals surface area (Å²) in [5.74, 6) is 0.668. The van der Waals surface area contributed by atoms with Gasteiger partial charge in [-0.3, -0.25) is 4.98 Å². The van der Waals surface area contributed by atoms with Crippen LogP contribution in [0.1, 0.15) is 5.69 Å². The molecule has 0 N–H and O–H groups in total. The van der Waals surface area contributed by atoms with Crippen LogP contribution in [0.5, 0.6) is 0 Å². The van der Waals surface area contributed by atoms with Gasteiger partial charge in [0.25, 0.3) is 0 Å². The van der Waals surface area contributed by atoms with Crippen LogP contribution in [0, 0.1) is 6.07 Å². The van der Waals surface area contributed by atoms with Gasteiger partial charge in [0, 0.05) is 18.0 Å². The average molecular weight is 124 g/mol. The Bertz CT molecular complexity index is 150. The van der Waals surface area contributed by atoms with Gasteiger partial charge in [-0.15, -0.1) is 0 Å². The number of thiol groups is 1. The highest BCUT2D eigenvalue weighted by Crippen LogP contribution is 1.94. The van der Waals surface area contributed by atoms with Crippen molar-refractivity contribution in [3.05, 3.63) is 30.1 Å². The fourth-order valence-corrected chi connectivity index (χ4v) is 0.617. The Kier molecular flexibility index (Phi) is 1.92. The lowest BCUT2D eigenvalue weighted by atomic mass is 10.4. The quantitative estimate of drug-likeness (QED) is 0.557. The molecule has 1 aromatic heterocycles. The molecule has 41 valence electrons. The third-order valence-electron chi connectivity index (χ3n) is 0.812. The molecule has 0 aliphatic rings. The maximum absolute atomic E-state index is 4.02. The first-order valence-electron chi connectivity index (χ1n) is 2.36. The lowest BCUT2D eigenvalue weighted by Gasteiger charge is -1.87. The van der Waals surface area contributed by atoms with Gasteiger partial charge in [0.2, 0.25) is 0 Å². The van der Waals surface area contributed by atoms with E-state index in [1.165, 1.54) is 0 Å². The molecule has 0 saturated carbocycles. The van der Waals surface area contributed by atoms with Gasteiger partial charge in [-0.1, -0.05) is 6.07 Å². The molecule has 0 bridgehead atoms. The van der Waals surface area contributed by atoms with Gasteiger partial charge in [0.05, 0.1) is 5.69 Å². The van der Waals surface area contributed by atoms with Gasteiger partial charge in [-0.2, -0.15) is 12.6 Å². The van der Waals surface area contributed by atoms with E-state index in [0.29, 0.717) is 5.75 Å². The minimum absolute atomic E-state index is 0.668. The van der Waals surface area contributed by atoms with Crippen LogP contribution in [0.2, 0.25) is 0 Å². The molecule has 0 saturated heterocycles. The van der Waals surface area contributed by atoms with E-state index in [9.17, 15) is 0 Å². The molecule has 1 radical (unpaired) electrons. The fraction of sp³-hybridized carbons (Fsp3) is 0.167. The van der Waals surface area contributed by atoms with Gasteiger partial charge in [-0.25, -0.2) is 0 Å². The van der Waals surface area contributed by atoms with E-state index in [-0.39, 0.29) is 0 Å². The lowest BCUT2D eigenvalue weighted by molar-refractivity contribution is 1.17. The van der Waals surface area contributed by atoms with Crippen molar-refractivity contribution in [1.82, 2.24) is 4.98 Å². The van der Waals surface area contributed by atoms with Gasteiger partial charge >= 0.3 is 0 Å². The summed E-state index contributed by atoms with van der Waals surface area (Å²) in [5.41, 5.74) is 0.899. The van der Waals surface area contributed by atoms with Crippen molar-refractivity contribution in [1.29, 1.82) is 0 Å². The van der Waals surface area contributed by atoms with Crippen LogP contribution in [0.15, 0.2) is 18.3 Å².